The SMILES string of the molecule is CC(C)c1ccc(C2C3=C(CCCC3=O)NC3=C2C(=O)c2ccccc23)cc1. The lowest BCUT2D eigenvalue weighted by Gasteiger charge is -2.33. The van der Waals surface area contributed by atoms with Crippen molar-refractivity contribution in [2.45, 2.75) is 44.9 Å². The van der Waals surface area contributed by atoms with Crippen LogP contribution in [-0.4, -0.2) is 11.6 Å². The van der Waals surface area contributed by atoms with Gasteiger partial charge in [-0.1, -0.05) is 62.4 Å². The lowest BCUT2D eigenvalue weighted by molar-refractivity contribution is -0.116. The number of nitrogens with one attached hydrogen (secondary N) is 1. The zero-order valence-electron chi connectivity index (χ0n) is 16.2. The summed E-state index contributed by atoms with van der Waals surface area (Å²) in [7, 11) is 0. The number of carbonyl (C=O) groups excluding carboxylic acids is 2. The van der Waals surface area contributed by atoms with Crippen molar-refractivity contribution < 1.29 is 9.59 Å². The number of hydrogen-bond donors (Lipinski definition) is 1. The molecule has 140 valence electrons. The van der Waals surface area contributed by atoms with Crippen molar-refractivity contribution in [3.8, 4) is 0 Å². The van der Waals surface area contributed by atoms with Gasteiger partial charge in [-0.3, -0.25) is 9.59 Å². The van der Waals surface area contributed by atoms with E-state index in [1.165, 1.54) is 5.56 Å². The molecule has 28 heavy (non-hydrogen) atoms. The normalized spacial score (nSPS) is 20.9. The van der Waals surface area contributed by atoms with Crippen molar-refractivity contribution in [2.75, 3.05) is 0 Å². The van der Waals surface area contributed by atoms with Crippen LogP contribution in [0.15, 0.2) is 65.4 Å². The van der Waals surface area contributed by atoms with Crippen molar-refractivity contribution >= 4 is 17.3 Å². The number of allylic oxidation sites excluding steroid dienone is 3. The van der Waals surface area contributed by atoms with E-state index in [0.29, 0.717) is 12.3 Å². The molecule has 0 fully saturated rings. The predicted octanol–water partition coefficient (Wildman–Crippen LogP) is 5.11. The fourth-order valence-electron chi connectivity index (χ4n) is 4.74. The highest BCUT2D eigenvalue weighted by Gasteiger charge is 2.43. The first-order valence-electron chi connectivity index (χ1n) is 10.1. The molecule has 3 heteroatoms. The molecular weight excluding hydrogens is 346 g/mol. The first kappa shape index (κ1) is 17.2. The zero-order valence-corrected chi connectivity index (χ0v) is 16.2. The van der Waals surface area contributed by atoms with Crippen LogP contribution in [0.5, 0.6) is 0 Å². The van der Waals surface area contributed by atoms with Crippen molar-refractivity contribution in [2.24, 2.45) is 0 Å². The number of hydrogen-bond acceptors (Lipinski definition) is 3. The summed E-state index contributed by atoms with van der Waals surface area (Å²) in [6.07, 6.45) is 2.28. The Morgan fingerprint density at radius 2 is 1.61 bits per heavy atom. The molecule has 0 saturated heterocycles. The molecule has 2 aliphatic carbocycles. The van der Waals surface area contributed by atoms with E-state index in [-0.39, 0.29) is 17.5 Å². The maximum absolute atomic E-state index is 13.3. The minimum absolute atomic E-state index is 0.0426. The first-order chi connectivity index (χ1) is 13.6. The molecule has 1 atom stereocenters. The molecule has 2 aromatic rings. The number of dihydropyridines is 1. The molecule has 0 amide bonds. The molecule has 2 aromatic carbocycles. The largest absolute Gasteiger partial charge is 0.358 e. The highest BCUT2D eigenvalue weighted by molar-refractivity contribution is 6.23. The smallest absolute Gasteiger partial charge is 0.192 e. The standard InChI is InChI=1S/C25H23NO2/c1-14(2)15-10-12-16(13-11-15)21-22-19(8-5-9-20(22)27)26-24-17-6-3-4-7-18(17)25(28)23(21)24/h3-4,6-7,10-14,21,26H,5,8-9H2,1-2H3. The Bertz CT molecular complexity index is 1070. The second-order valence-electron chi connectivity index (χ2n) is 8.21. The van der Waals surface area contributed by atoms with Gasteiger partial charge in [-0.25, -0.2) is 0 Å². The van der Waals surface area contributed by atoms with Crippen molar-refractivity contribution in [1.29, 1.82) is 0 Å². The number of carbonyl (C=O) groups is 2. The van der Waals surface area contributed by atoms with Crippen LogP contribution < -0.4 is 5.32 Å². The van der Waals surface area contributed by atoms with Crippen LogP contribution in [0, 0.1) is 0 Å². The highest BCUT2D eigenvalue weighted by Crippen LogP contribution is 2.48. The topological polar surface area (TPSA) is 46.2 Å². The number of fused-ring (bicyclic) bond motifs is 2. The van der Waals surface area contributed by atoms with Crippen LogP contribution in [0.2, 0.25) is 0 Å². The van der Waals surface area contributed by atoms with E-state index in [2.05, 4.69) is 43.4 Å². The molecule has 0 aromatic heterocycles. The van der Waals surface area contributed by atoms with E-state index in [1.54, 1.807) is 0 Å². The third-order valence-electron chi connectivity index (χ3n) is 6.20. The zero-order chi connectivity index (χ0) is 19.4. The summed E-state index contributed by atoms with van der Waals surface area (Å²) in [5, 5.41) is 3.48. The van der Waals surface area contributed by atoms with E-state index in [4.69, 9.17) is 0 Å². The summed E-state index contributed by atoms with van der Waals surface area (Å²) in [5.74, 6) is 0.378. The Morgan fingerprint density at radius 3 is 2.32 bits per heavy atom. The molecule has 1 heterocycles. The molecule has 0 saturated carbocycles. The predicted molar refractivity (Wildman–Crippen MR) is 110 cm³/mol. The molecule has 1 N–H and O–H groups in total. The van der Waals surface area contributed by atoms with Crippen LogP contribution in [0.1, 0.15) is 72.0 Å². The third kappa shape index (κ3) is 2.42. The highest BCUT2D eigenvalue weighted by atomic mass is 16.1. The summed E-state index contributed by atoms with van der Waals surface area (Å²) in [6.45, 7) is 4.34. The second-order valence-corrected chi connectivity index (χ2v) is 8.21. The number of Topliss-reactive ketones (excluding diaryl/α,β-unsaturated/α-hetero) is 2. The van der Waals surface area contributed by atoms with E-state index in [1.807, 2.05) is 24.3 Å². The molecule has 3 nitrogen and oxygen atoms in total. The van der Waals surface area contributed by atoms with Gasteiger partial charge in [-0.15, -0.1) is 0 Å². The lowest BCUT2D eigenvalue weighted by atomic mass is 9.74. The van der Waals surface area contributed by atoms with E-state index >= 15 is 0 Å². The average Bonchev–Trinajstić information content (AvgIpc) is 2.99. The van der Waals surface area contributed by atoms with Gasteiger partial charge in [0.2, 0.25) is 0 Å². The third-order valence-corrected chi connectivity index (χ3v) is 6.20. The van der Waals surface area contributed by atoms with Gasteiger partial charge < -0.3 is 5.32 Å². The summed E-state index contributed by atoms with van der Waals surface area (Å²) >= 11 is 0. The lowest BCUT2D eigenvalue weighted by Crippen LogP contribution is -2.31. The van der Waals surface area contributed by atoms with Gasteiger partial charge in [0.25, 0.3) is 0 Å². The van der Waals surface area contributed by atoms with Crippen LogP contribution in [-0.2, 0) is 4.79 Å². The van der Waals surface area contributed by atoms with E-state index in [0.717, 1.165) is 52.1 Å². The molecule has 3 aliphatic rings. The summed E-state index contributed by atoms with van der Waals surface area (Å²) < 4.78 is 0. The van der Waals surface area contributed by atoms with Crippen LogP contribution in [0.3, 0.4) is 0 Å². The van der Waals surface area contributed by atoms with Crippen LogP contribution in [0.4, 0.5) is 0 Å². The van der Waals surface area contributed by atoms with Gasteiger partial charge in [-0.05, 0) is 29.9 Å². The Kier molecular flexibility index (Phi) is 3.87. The molecule has 0 spiro atoms. The Balaban J connectivity index is 1.70. The maximum Gasteiger partial charge on any atom is 0.192 e. The minimum Gasteiger partial charge on any atom is -0.358 e. The van der Waals surface area contributed by atoms with E-state index in [9.17, 15) is 9.59 Å². The van der Waals surface area contributed by atoms with Crippen molar-refractivity contribution in [1.82, 2.24) is 5.32 Å². The molecule has 0 radical (unpaired) electrons. The van der Waals surface area contributed by atoms with Gasteiger partial charge in [0.05, 0.1) is 5.70 Å². The summed E-state index contributed by atoms with van der Waals surface area (Å²) in [5.41, 5.74) is 7.40. The van der Waals surface area contributed by atoms with Gasteiger partial charge >= 0.3 is 0 Å². The quantitative estimate of drug-likeness (QED) is 0.800. The average molecular weight is 369 g/mol. The summed E-state index contributed by atoms with van der Waals surface area (Å²) in [4.78, 5) is 26.3. The molecule has 5 rings (SSSR count). The van der Waals surface area contributed by atoms with Gasteiger partial charge in [0, 0.05) is 40.3 Å². The Hall–Kier alpha value is -2.94. The first-order valence-corrected chi connectivity index (χ1v) is 10.1. The number of benzene rings is 2. The fourth-order valence-corrected chi connectivity index (χ4v) is 4.74. The van der Waals surface area contributed by atoms with Gasteiger partial charge in [0.15, 0.2) is 11.6 Å². The molecule has 0 bridgehead atoms. The Labute approximate surface area is 165 Å². The number of ketones is 2. The molecule has 1 unspecified atom stereocenters. The van der Waals surface area contributed by atoms with Gasteiger partial charge in [-0.2, -0.15) is 0 Å². The fraction of sp³-hybridized carbons (Fsp3) is 0.280. The van der Waals surface area contributed by atoms with Crippen molar-refractivity contribution in [3.63, 3.8) is 0 Å². The van der Waals surface area contributed by atoms with Gasteiger partial charge in [0.1, 0.15) is 0 Å². The van der Waals surface area contributed by atoms with Crippen LogP contribution in [0.25, 0.3) is 5.70 Å². The molecular formula is C25H23NO2. The van der Waals surface area contributed by atoms with Crippen molar-refractivity contribution in [3.05, 3.63) is 87.6 Å². The second kappa shape index (κ2) is 6.30. The minimum atomic E-state index is -0.278. The van der Waals surface area contributed by atoms with E-state index < -0.39 is 0 Å². The number of rotatable bonds is 2. The van der Waals surface area contributed by atoms with Crippen LogP contribution >= 0.6 is 0 Å². The monoisotopic (exact) mass is 369 g/mol. The Morgan fingerprint density at radius 1 is 0.893 bits per heavy atom. The molecule has 1 aliphatic heterocycles. The maximum atomic E-state index is 13.3. The summed E-state index contributed by atoms with van der Waals surface area (Å²) in [6, 6.07) is 16.2.